The third-order valence-corrected chi connectivity index (χ3v) is 4.75. The van der Waals surface area contributed by atoms with Crippen molar-refractivity contribution in [3.8, 4) is 11.5 Å². The molecule has 2 aromatic carbocycles. The fraction of sp³-hybridized carbons (Fsp3) is 0.316. The van der Waals surface area contributed by atoms with Gasteiger partial charge in [0.25, 0.3) is 0 Å². The van der Waals surface area contributed by atoms with Crippen molar-refractivity contribution in [2.24, 2.45) is 5.92 Å². The Balaban J connectivity index is 1.36. The molecule has 2 aromatic rings. The molecule has 1 aliphatic carbocycles. The smallest absolute Gasteiger partial charge is 0.315 e. The number of carbonyl (C=O) groups excluding carboxylic acids is 1. The number of urea groups is 1. The van der Waals surface area contributed by atoms with Crippen molar-refractivity contribution < 1.29 is 14.3 Å². The molecule has 1 fully saturated rings. The summed E-state index contributed by atoms with van der Waals surface area (Å²) in [5.41, 5.74) is 2.05. The lowest BCUT2D eigenvalue weighted by Crippen LogP contribution is -2.38. The Kier molecular flexibility index (Phi) is 4.40. The SMILES string of the molecule is O=C(NCc1ccc2c(c1)OCO2)NC(c1ccc(Cl)cc1)C1CC1. The molecular weight excluding hydrogens is 340 g/mol. The van der Waals surface area contributed by atoms with Crippen LogP contribution in [0.1, 0.15) is 30.0 Å². The first-order valence-electron chi connectivity index (χ1n) is 8.37. The van der Waals surface area contributed by atoms with Gasteiger partial charge in [-0.05, 0) is 54.2 Å². The maximum absolute atomic E-state index is 12.3. The van der Waals surface area contributed by atoms with Crippen molar-refractivity contribution in [3.05, 3.63) is 58.6 Å². The average molecular weight is 359 g/mol. The van der Waals surface area contributed by atoms with E-state index < -0.39 is 0 Å². The van der Waals surface area contributed by atoms with E-state index in [4.69, 9.17) is 21.1 Å². The van der Waals surface area contributed by atoms with Gasteiger partial charge in [-0.1, -0.05) is 29.8 Å². The summed E-state index contributed by atoms with van der Waals surface area (Å²) in [6, 6.07) is 13.2. The Morgan fingerprint density at radius 1 is 1.12 bits per heavy atom. The predicted octanol–water partition coefficient (Wildman–Crippen LogP) is 4.02. The van der Waals surface area contributed by atoms with E-state index in [1.54, 1.807) is 0 Å². The van der Waals surface area contributed by atoms with E-state index in [0.29, 0.717) is 17.5 Å². The van der Waals surface area contributed by atoms with Crippen molar-refractivity contribution in [2.45, 2.75) is 25.4 Å². The van der Waals surface area contributed by atoms with Gasteiger partial charge in [-0.15, -0.1) is 0 Å². The van der Waals surface area contributed by atoms with Crippen LogP contribution in [0.2, 0.25) is 5.02 Å². The summed E-state index contributed by atoms with van der Waals surface area (Å²) >= 11 is 5.96. The van der Waals surface area contributed by atoms with Gasteiger partial charge >= 0.3 is 6.03 Å². The van der Waals surface area contributed by atoms with E-state index in [2.05, 4.69) is 10.6 Å². The Morgan fingerprint density at radius 2 is 1.88 bits per heavy atom. The zero-order valence-electron chi connectivity index (χ0n) is 13.6. The molecule has 1 saturated carbocycles. The lowest BCUT2D eigenvalue weighted by molar-refractivity contribution is 0.174. The summed E-state index contributed by atoms with van der Waals surface area (Å²) < 4.78 is 10.6. The third-order valence-electron chi connectivity index (χ3n) is 4.50. The second kappa shape index (κ2) is 6.84. The lowest BCUT2D eigenvalue weighted by atomic mass is 10.0. The van der Waals surface area contributed by atoms with Crippen LogP contribution in [0.3, 0.4) is 0 Å². The number of carbonyl (C=O) groups is 1. The molecule has 2 N–H and O–H groups in total. The minimum atomic E-state index is -0.176. The van der Waals surface area contributed by atoms with Crippen LogP contribution in [0.15, 0.2) is 42.5 Å². The first-order valence-corrected chi connectivity index (χ1v) is 8.75. The predicted molar refractivity (Wildman–Crippen MR) is 94.9 cm³/mol. The molecule has 0 saturated heterocycles. The van der Waals surface area contributed by atoms with Gasteiger partial charge in [0.1, 0.15) is 0 Å². The Bertz CT molecular complexity index is 775. The second-order valence-corrected chi connectivity index (χ2v) is 6.82. The molecule has 5 nitrogen and oxygen atoms in total. The highest BCUT2D eigenvalue weighted by Gasteiger charge is 2.33. The number of rotatable bonds is 5. The van der Waals surface area contributed by atoms with E-state index in [-0.39, 0.29) is 18.9 Å². The van der Waals surface area contributed by atoms with Crippen LogP contribution in [0.5, 0.6) is 11.5 Å². The zero-order valence-corrected chi connectivity index (χ0v) is 14.4. The van der Waals surface area contributed by atoms with E-state index in [9.17, 15) is 4.79 Å². The molecule has 0 spiro atoms. The fourth-order valence-electron chi connectivity index (χ4n) is 3.00. The van der Waals surface area contributed by atoms with Crippen LogP contribution in [0.25, 0.3) is 0 Å². The molecule has 1 atom stereocenters. The van der Waals surface area contributed by atoms with E-state index in [0.717, 1.165) is 35.5 Å². The zero-order chi connectivity index (χ0) is 17.2. The lowest BCUT2D eigenvalue weighted by Gasteiger charge is -2.19. The minimum absolute atomic E-state index is 0.0222. The van der Waals surface area contributed by atoms with Crippen LogP contribution in [0.4, 0.5) is 4.79 Å². The second-order valence-electron chi connectivity index (χ2n) is 6.38. The number of ether oxygens (including phenoxy) is 2. The standard InChI is InChI=1S/C19H19ClN2O3/c20-15-6-4-14(5-7-15)18(13-2-3-13)22-19(23)21-10-12-1-8-16-17(9-12)25-11-24-16/h1,4-9,13,18H,2-3,10-11H2,(H2,21,22,23). The highest BCUT2D eigenvalue weighted by molar-refractivity contribution is 6.30. The molecule has 4 rings (SSSR count). The molecule has 130 valence electrons. The highest BCUT2D eigenvalue weighted by Crippen LogP contribution is 2.41. The van der Waals surface area contributed by atoms with Crippen LogP contribution < -0.4 is 20.1 Å². The number of hydrogen-bond acceptors (Lipinski definition) is 3. The van der Waals surface area contributed by atoms with Gasteiger partial charge in [-0.3, -0.25) is 0 Å². The van der Waals surface area contributed by atoms with E-state index in [1.165, 1.54) is 0 Å². The first-order chi connectivity index (χ1) is 12.2. The first kappa shape index (κ1) is 16.1. The molecule has 25 heavy (non-hydrogen) atoms. The quantitative estimate of drug-likeness (QED) is 0.848. The molecule has 0 radical (unpaired) electrons. The van der Waals surface area contributed by atoms with Gasteiger partial charge in [0.2, 0.25) is 6.79 Å². The maximum Gasteiger partial charge on any atom is 0.315 e. The van der Waals surface area contributed by atoms with Crippen LogP contribution >= 0.6 is 11.6 Å². The van der Waals surface area contributed by atoms with Gasteiger partial charge < -0.3 is 20.1 Å². The molecule has 0 bridgehead atoms. The minimum Gasteiger partial charge on any atom is -0.454 e. The van der Waals surface area contributed by atoms with Crippen molar-refractivity contribution in [1.82, 2.24) is 10.6 Å². The number of nitrogens with one attached hydrogen (secondary N) is 2. The van der Waals surface area contributed by atoms with Gasteiger partial charge in [0, 0.05) is 11.6 Å². The molecule has 2 amide bonds. The van der Waals surface area contributed by atoms with Crippen LogP contribution in [-0.2, 0) is 6.54 Å². The molecule has 1 unspecified atom stereocenters. The topological polar surface area (TPSA) is 59.6 Å². The van der Waals surface area contributed by atoms with Gasteiger partial charge in [-0.2, -0.15) is 0 Å². The number of hydrogen-bond donors (Lipinski definition) is 2. The Morgan fingerprint density at radius 3 is 2.64 bits per heavy atom. The van der Waals surface area contributed by atoms with Gasteiger partial charge in [0.05, 0.1) is 6.04 Å². The number of fused-ring (bicyclic) bond motifs is 1. The normalized spacial score (nSPS) is 16.4. The molecular formula is C19H19ClN2O3. The summed E-state index contributed by atoms with van der Waals surface area (Å²) in [5.74, 6) is 1.96. The van der Waals surface area contributed by atoms with Crippen LogP contribution in [-0.4, -0.2) is 12.8 Å². The Labute approximate surface area is 151 Å². The molecule has 1 aliphatic heterocycles. The third kappa shape index (κ3) is 3.82. The summed E-state index contributed by atoms with van der Waals surface area (Å²) in [6.45, 7) is 0.678. The van der Waals surface area contributed by atoms with Crippen LogP contribution in [0, 0.1) is 5.92 Å². The number of halogens is 1. The van der Waals surface area contributed by atoms with E-state index in [1.807, 2.05) is 42.5 Å². The van der Waals surface area contributed by atoms with Gasteiger partial charge in [0.15, 0.2) is 11.5 Å². The summed E-state index contributed by atoms with van der Waals surface area (Å²) in [7, 11) is 0. The van der Waals surface area contributed by atoms with Crippen molar-refractivity contribution in [1.29, 1.82) is 0 Å². The van der Waals surface area contributed by atoms with Gasteiger partial charge in [-0.25, -0.2) is 4.79 Å². The Hall–Kier alpha value is -2.40. The fourth-order valence-corrected chi connectivity index (χ4v) is 3.12. The van der Waals surface area contributed by atoms with Crippen molar-refractivity contribution in [3.63, 3.8) is 0 Å². The number of benzene rings is 2. The molecule has 2 aliphatic rings. The summed E-state index contributed by atoms with van der Waals surface area (Å²) in [6.07, 6.45) is 2.27. The molecule has 0 aromatic heterocycles. The largest absolute Gasteiger partial charge is 0.454 e. The summed E-state index contributed by atoms with van der Waals surface area (Å²) in [5, 5.41) is 6.70. The van der Waals surface area contributed by atoms with E-state index >= 15 is 0 Å². The number of amides is 2. The molecule has 1 heterocycles. The highest BCUT2D eigenvalue weighted by atomic mass is 35.5. The van der Waals surface area contributed by atoms with Crippen molar-refractivity contribution >= 4 is 17.6 Å². The monoisotopic (exact) mass is 358 g/mol. The maximum atomic E-state index is 12.3. The summed E-state index contributed by atoms with van der Waals surface area (Å²) in [4.78, 5) is 12.3. The average Bonchev–Trinajstić information content (AvgIpc) is 3.35. The van der Waals surface area contributed by atoms with Crippen molar-refractivity contribution in [2.75, 3.05) is 6.79 Å². The molecule has 6 heteroatoms.